The van der Waals surface area contributed by atoms with Crippen LogP contribution >= 0.6 is 0 Å². The van der Waals surface area contributed by atoms with Crippen LogP contribution < -0.4 is 20.7 Å². The third-order valence-electron chi connectivity index (χ3n) is 11.9. The molecule has 0 unspecified atom stereocenters. The van der Waals surface area contributed by atoms with E-state index in [4.69, 9.17) is 14.5 Å². The van der Waals surface area contributed by atoms with Crippen molar-refractivity contribution in [2.75, 3.05) is 12.4 Å². The summed E-state index contributed by atoms with van der Waals surface area (Å²) < 4.78 is 11.2. The van der Waals surface area contributed by atoms with Gasteiger partial charge >= 0.3 is 5.97 Å². The minimum Gasteiger partial charge on any atom is -0.504 e. The minimum atomic E-state index is -1.11. The van der Waals surface area contributed by atoms with Gasteiger partial charge in [-0.05, 0) is 65.1 Å². The minimum absolute atomic E-state index is 0.0103. The number of aromatic hydroxyl groups is 1. The fourth-order valence-electron chi connectivity index (χ4n) is 8.43. The van der Waals surface area contributed by atoms with E-state index in [0.29, 0.717) is 17.1 Å². The van der Waals surface area contributed by atoms with Crippen molar-refractivity contribution in [3.8, 4) is 22.8 Å². The molecule has 3 atom stereocenters. The molecule has 5 aromatic carbocycles. The molecule has 0 aliphatic heterocycles. The zero-order chi connectivity index (χ0) is 45.0. The summed E-state index contributed by atoms with van der Waals surface area (Å²) in [4.78, 5) is 58.5. The number of nitrogens with zero attached hydrogens (tertiary/aromatic N) is 1. The van der Waals surface area contributed by atoms with Crippen molar-refractivity contribution in [2.24, 2.45) is 5.92 Å². The van der Waals surface area contributed by atoms with Crippen molar-refractivity contribution >= 4 is 67.2 Å². The van der Waals surface area contributed by atoms with Crippen molar-refractivity contribution < 1.29 is 29.0 Å². The van der Waals surface area contributed by atoms with Crippen LogP contribution in [0.15, 0.2) is 140 Å². The number of amides is 2. The lowest BCUT2D eigenvalue weighted by Gasteiger charge is -2.27. The van der Waals surface area contributed by atoms with E-state index in [-0.39, 0.29) is 36.9 Å². The number of phenols is 1. The number of nitrogens with one attached hydrogen (secondary N) is 6. The molecule has 0 radical (unpaired) electrons. The number of phenolic OH excluding ortho intramolecular Hbond substituents is 1. The molecule has 4 heterocycles. The van der Waals surface area contributed by atoms with Gasteiger partial charge < -0.3 is 45.5 Å². The Kier molecular flexibility index (Phi) is 11.9. The molecule has 2 amide bonds. The summed E-state index contributed by atoms with van der Waals surface area (Å²) in [6.45, 7) is 3.72. The summed E-state index contributed by atoms with van der Waals surface area (Å²) in [5, 5.41) is 23.7. The summed E-state index contributed by atoms with van der Waals surface area (Å²) in [5.74, 6) is -1.22. The number of esters is 1. The zero-order valence-corrected chi connectivity index (χ0v) is 36.1. The van der Waals surface area contributed by atoms with Crippen LogP contribution in [0.1, 0.15) is 30.5 Å². The van der Waals surface area contributed by atoms with Gasteiger partial charge in [0.05, 0.1) is 18.3 Å². The van der Waals surface area contributed by atoms with Gasteiger partial charge in [0, 0.05) is 68.9 Å². The number of hydrogen-bond donors (Lipinski definition) is 7. The second kappa shape index (κ2) is 18.3. The largest absolute Gasteiger partial charge is 0.504 e. The van der Waals surface area contributed by atoms with Crippen LogP contribution in [-0.4, -0.2) is 68.1 Å². The molecule has 13 nitrogen and oxygen atoms in total. The Balaban J connectivity index is 1.08. The molecular weight excluding hydrogens is 819 g/mol. The predicted octanol–water partition coefficient (Wildman–Crippen LogP) is 8.69. The number of carbonyl (C=O) groups excluding carboxylic acids is 3. The lowest BCUT2D eigenvalue weighted by atomic mass is 10.00. The summed E-state index contributed by atoms with van der Waals surface area (Å²) in [7, 11) is 1.49. The number of benzene rings is 5. The van der Waals surface area contributed by atoms with Crippen molar-refractivity contribution in [3.05, 3.63) is 156 Å². The number of para-hydroxylation sites is 3. The van der Waals surface area contributed by atoms with Gasteiger partial charge in [-0.1, -0.05) is 98.8 Å². The Bertz CT molecular complexity index is 3170. The Labute approximate surface area is 374 Å². The van der Waals surface area contributed by atoms with Crippen LogP contribution in [0.4, 0.5) is 5.82 Å². The second-order valence-electron chi connectivity index (χ2n) is 16.5. The van der Waals surface area contributed by atoms with Crippen molar-refractivity contribution in [2.45, 2.75) is 51.4 Å². The third-order valence-corrected chi connectivity index (χ3v) is 11.9. The van der Waals surface area contributed by atoms with Gasteiger partial charge in [0.1, 0.15) is 30.6 Å². The molecule has 328 valence electrons. The number of methoxy groups -OCH3 is 1. The molecule has 0 saturated carbocycles. The number of H-pyrrole nitrogens is 3. The topological polar surface area (TPSA) is 186 Å². The first kappa shape index (κ1) is 42.3. The fraction of sp³-hybridized carbons (Fsp3) is 0.192. The number of fused-ring (bicyclic) bond motifs is 5. The van der Waals surface area contributed by atoms with Gasteiger partial charge in [-0.3, -0.25) is 9.59 Å². The maximum Gasteiger partial charge on any atom is 0.329 e. The molecule has 65 heavy (non-hydrogen) atoms. The summed E-state index contributed by atoms with van der Waals surface area (Å²) in [6.07, 6.45) is 4.07. The number of aromatic nitrogens is 4. The highest BCUT2D eigenvalue weighted by Crippen LogP contribution is 2.37. The molecule has 0 aliphatic carbocycles. The van der Waals surface area contributed by atoms with Crippen LogP contribution in [0.2, 0.25) is 0 Å². The number of hydrogen-bond acceptors (Lipinski definition) is 8. The van der Waals surface area contributed by atoms with Crippen LogP contribution in [0, 0.1) is 5.92 Å². The summed E-state index contributed by atoms with van der Waals surface area (Å²) in [5.41, 5.74) is 7.23. The van der Waals surface area contributed by atoms with Gasteiger partial charge in [0.2, 0.25) is 11.8 Å². The smallest absolute Gasteiger partial charge is 0.329 e. The highest BCUT2D eigenvalue weighted by molar-refractivity contribution is 6.12. The number of carbonyl (C=O) groups is 3. The Morgan fingerprint density at radius 1 is 0.677 bits per heavy atom. The summed E-state index contributed by atoms with van der Waals surface area (Å²) >= 11 is 0. The lowest BCUT2D eigenvalue weighted by molar-refractivity contribution is -0.150. The van der Waals surface area contributed by atoms with Gasteiger partial charge in [-0.25, -0.2) is 9.78 Å². The molecular formula is C52H49N7O6. The van der Waals surface area contributed by atoms with Gasteiger partial charge in [0.15, 0.2) is 11.5 Å². The van der Waals surface area contributed by atoms with Crippen LogP contribution in [-0.2, 0) is 38.6 Å². The summed E-state index contributed by atoms with van der Waals surface area (Å²) in [6, 6.07) is 36.8. The molecule has 0 aliphatic rings. The van der Waals surface area contributed by atoms with Gasteiger partial charge in [-0.2, -0.15) is 0 Å². The first-order valence-electron chi connectivity index (χ1n) is 21.6. The highest BCUT2D eigenvalue weighted by atomic mass is 16.5. The molecule has 0 saturated heterocycles. The van der Waals surface area contributed by atoms with E-state index in [1.807, 2.05) is 135 Å². The monoisotopic (exact) mass is 867 g/mol. The quantitative estimate of drug-likeness (QED) is 0.0470. The first-order chi connectivity index (χ1) is 31.6. The molecule has 4 aromatic heterocycles. The highest BCUT2D eigenvalue weighted by Gasteiger charge is 2.33. The molecule has 0 fully saturated rings. The number of ether oxygens (including phenoxy) is 2. The van der Waals surface area contributed by atoms with E-state index < -0.39 is 35.9 Å². The first-order valence-corrected chi connectivity index (χ1v) is 21.6. The maximum atomic E-state index is 15.1. The SMILES string of the molecule is COc1cc(-c2nc(N[C@@H](Cc3c[nH]c4ccccc34)C(=O)N[C@@H](Cc3c[nH]c4ccccc34)C(=O)N[C@H](C(=O)OCc3ccccc3)C(C)C)cc3c2[nH]c2ccccc23)ccc1O. The lowest BCUT2D eigenvalue weighted by Crippen LogP contribution is -2.56. The van der Waals surface area contributed by atoms with E-state index in [1.54, 1.807) is 18.2 Å². The molecule has 0 spiro atoms. The fourth-order valence-corrected chi connectivity index (χ4v) is 8.43. The van der Waals surface area contributed by atoms with E-state index in [1.165, 1.54) is 7.11 Å². The van der Waals surface area contributed by atoms with Crippen molar-refractivity contribution in [1.82, 2.24) is 30.6 Å². The van der Waals surface area contributed by atoms with E-state index in [9.17, 15) is 14.7 Å². The Hall–Kier alpha value is -8.06. The molecule has 13 heteroatoms. The van der Waals surface area contributed by atoms with E-state index in [0.717, 1.165) is 60.3 Å². The average Bonchev–Trinajstić information content (AvgIpc) is 4.05. The maximum absolute atomic E-state index is 15.1. The number of anilines is 1. The number of aromatic amines is 3. The molecule has 0 bridgehead atoms. The van der Waals surface area contributed by atoms with Crippen LogP contribution in [0.25, 0.3) is 54.9 Å². The molecule has 9 aromatic rings. The second-order valence-corrected chi connectivity index (χ2v) is 16.5. The van der Waals surface area contributed by atoms with E-state index in [2.05, 4.69) is 30.9 Å². The standard InChI is InChI=1S/C52H49N7O6/c1-30(2)47(52(63)65-29-31-13-5-4-6-14-31)59-51(62)43(24-34-28-54-40-19-11-8-16-36(34)40)57-50(61)42(23-33-27-53-39-18-10-7-15-35(33)39)55-46-26-38-37-17-9-12-20-41(37)56-49(38)48(58-46)32-21-22-44(60)45(25-32)64-3/h4-22,25-28,30,42-43,47,53-54,56,60H,23-24,29H2,1-3H3,(H,55,58)(H,57,61)(H,59,62)/t42-,43-,47-/m0/s1. The zero-order valence-electron chi connectivity index (χ0n) is 36.1. The third kappa shape index (κ3) is 8.94. The predicted molar refractivity (Wildman–Crippen MR) is 254 cm³/mol. The normalized spacial score (nSPS) is 12.9. The van der Waals surface area contributed by atoms with E-state index >= 15 is 4.79 Å². The van der Waals surface area contributed by atoms with Crippen molar-refractivity contribution in [1.29, 1.82) is 0 Å². The number of pyridine rings is 1. The van der Waals surface area contributed by atoms with Crippen molar-refractivity contribution in [3.63, 3.8) is 0 Å². The molecule has 9 rings (SSSR count). The van der Waals surface area contributed by atoms with Gasteiger partial charge in [-0.15, -0.1) is 0 Å². The average molecular weight is 868 g/mol. The number of rotatable bonds is 16. The Morgan fingerprint density at radius 2 is 1.28 bits per heavy atom. The Morgan fingerprint density at radius 3 is 1.94 bits per heavy atom. The van der Waals surface area contributed by atoms with Crippen LogP contribution in [0.5, 0.6) is 11.5 Å². The van der Waals surface area contributed by atoms with Gasteiger partial charge in [0.25, 0.3) is 0 Å². The van der Waals surface area contributed by atoms with Crippen LogP contribution in [0.3, 0.4) is 0 Å². The molecule has 7 N–H and O–H groups in total.